The van der Waals surface area contributed by atoms with E-state index in [9.17, 15) is 0 Å². The molecule has 1 saturated carbocycles. The van der Waals surface area contributed by atoms with Crippen molar-refractivity contribution >= 4 is 0 Å². The monoisotopic (exact) mass is 253 g/mol. The van der Waals surface area contributed by atoms with Gasteiger partial charge < -0.3 is 5.32 Å². The van der Waals surface area contributed by atoms with E-state index >= 15 is 0 Å². The van der Waals surface area contributed by atoms with Gasteiger partial charge >= 0.3 is 0 Å². The van der Waals surface area contributed by atoms with E-state index < -0.39 is 0 Å². The predicted molar refractivity (Wildman–Crippen MR) is 81.8 cm³/mol. The summed E-state index contributed by atoms with van der Waals surface area (Å²) in [7, 11) is 0. The van der Waals surface area contributed by atoms with Crippen LogP contribution in [0.15, 0.2) is 0 Å². The molecule has 108 valence electrons. The summed E-state index contributed by atoms with van der Waals surface area (Å²) in [5, 5.41) is 3.86. The second-order valence-electron chi connectivity index (χ2n) is 7.11. The third-order valence-corrected chi connectivity index (χ3v) is 5.39. The Hall–Kier alpha value is -0.0400. The van der Waals surface area contributed by atoms with Crippen molar-refractivity contribution in [3.8, 4) is 0 Å². The molecule has 0 saturated heterocycles. The van der Waals surface area contributed by atoms with Crippen molar-refractivity contribution in [2.75, 3.05) is 6.54 Å². The molecule has 1 N–H and O–H groups in total. The molecular formula is C17H35N. The minimum absolute atomic E-state index is 0.736. The zero-order valence-electron chi connectivity index (χ0n) is 13.5. The Morgan fingerprint density at radius 2 is 1.72 bits per heavy atom. The molecule has 0 bridgehead atoms. The molecule has 0 aromatic carbocycles. The molecule has 1 fully saturated rings. The Morgan fingerprint density at radius 3 is 2.22 bits per heavy atom. The Kier molecular flexibility index (Phi) is 6.70. The molecule has 0 heterocycles. The second-order valence-corrected chi connectivity index (χ2v) is 7.11. The molecule has 0 spiro atoms. The third-order valence-electron chi connectivity index (χ3n) is 5.39. The number of rotatable bonds is 6. The van der Waals surface area contributed by atoms with Gasteiger partial charge in [0.2, 0.25) is 0 Å². The first-order chi connectivity index (χ1) is 8.47. The average molecular weight is 253 g/mol. The Labute approximate surface area is 115 Å². The first-order valence-electron chi connectivity index (χ1n) is 8.20. The Morgan fingerprint density at radius 1 is 1.06 bits per heavy atom. The largest absolute Gasteiger partial charge is 0.313 e. The average Bonchev–Trinajstić information content (AvgIpc) is 2.33. The second kappa shape index (κ2) is 7.53. The van der Waals surface area contributed by atoms with E-state index in [0.717, 1.165) is 35.6 Å². The summed E-state index contributed by atoms with van der Waals surface area (Å²) < 4.78 is 0. The van der Waals surface area contributed by atoms with E-state index in [1.165, 1.54) is 32.2 Å². The van der Waals surface area contributed by atoms with Crippen molar-refractivity contribution in [2.45, 2.75) is 73.3 Å². The molecule has 0 amide bonds. The highest BCUT2D eigenvalue weighted by atomic mass is 14.9. The minimum atomic E-state index is 0.736. The molecule has 0 radical (unpaired) electrons. The summed E-state index contributed by atoms with van der Waals surface area (Å²) in [6.07, 6.45) is 5.55. The van der Waals surface area contributed by atoms with Crippen LogP contribution in [0.3, 0.4) is 0 Å². The van der Waals surface area contributed by atoms with E-state index in [0.29, 0.717) is 0 Å². The molecule has 1 aliphatic rings. The highest BCUT2D eigenvalue weighted by Gasteiger charge is 2.33. The molecule has 1 aliphatic carbocycles. The molecule has 1 rings (SSSR count). The lowest BCUT2D eigenvalue weighted by Gasteiger charge is -2.41. The molecule has 0 aromatic heterocycles. The van der Waals surface area contributed by atoms with Crippen molar-refractivity contribution in [1.82, 2.24) is 5.32 Å². The highest BCUT2D eigenvalue weighted by molar-refractivity contribution is 4.87. The van der Waals surface area contributed by atoms with Gasteiger partial charge in [-0.2, -0.15) is 0 Å². The molecule has 5 atom stereocenters. The number of hydrogen-bond donors (Lipinski definition) is 1. The molecular weight excluding hydrogens is 218 g/mol. The molecule has 0 aliphatic heterocycles. The maximum atomic E-state index is 3.86. The van der Waals surface area contributed by atoms with Crippen molar-refractivity contribution in [3.63, 3.8) is 0 Å². The Balaban J connectivity index is 2.64. The summed E-state index contributed by atoms with van der Waals surface area (Å²) in [4.78, 5) is 0. The minimum Gasteiger partial charge on any atom is -0.313 e. The topological polar surface area (TPSA) is 12.0 Å². The highest BCUT2D eigenvalue weighted by Crippen LogP contribution is 2.37. The van der Waals surface area contributed by atoms with Crippen LogP contribution < -0.4 is 5.32 Å². The normalized spacial score (nSPS) is 32.5. The van der Waals surface area contributed by atoms with Gasteiger partial charge in [-0.3, -0.25) is 0 Å². The molecule has 5 unspecified atom stereocenters. The van der Waals surface area contributed by atoms with Gasteiger partial charge in [-0.1, -0.05) is 48.0 Å². The molecule has 18 heavy (non-hydrogen) atoms. The number of hydrogen-bond acceptors (Lipinski definition) is 1. The Bertz CT molecular complexity index is 224. The predicted octanol–water partition coefficient (Wildman–Crippen LogP) is 4.72. The van der Waals surface area contributed by atoms with Gasteiger partial charge in [0.15, 0.2) is 0 Å². The zero-order valence-corrected chi connectivity index (χ0v) is 13.5. The third kappa shape index (κ3) is 4.26. The molecule has 1 nitrogen and oxygen atoms in total. The van der Waals surface area contributed by atoms with Crippen LogP contribution in [0.1, 0.15) is 67.2 Å². The summed E-state index contributed by atoms with van der Waals surface area (Å²) in [6, 6.07) is 0.736. The fraction of sp³-hybridized carbons (Fsp3) is 1.00. The van der Waals surface area contributed by atoms with Gasteiger partial charge in [0.25, 0.3) is 0 Å². The van der Waals surface area contributed by atoms with Crippen LogP contribution in [0.4, 0.5) is 0 Å². The van der Waals surface area contributed by atoms with E-state index in [2.05, 4.69) is 46.9 Å². The summed E-state index contributed by atoms with van der Waals surface area (Å²) in [6.45, 7) is 15.5. The van der Waals surface area contributed by atoms with Crippen molar-refractivity contribution in [3.05, 3.63) is 0 Å². The van der Waals surface area contributed by atoms with Crippen molar-refractivity contribution < 1.29 is 0 Å². The maximum absolute atomic E-state index is 3.86. The van der Waals surface area contributed by atoms with Crippen LogP contribution in [0, 0.1) is 29.6 Å². The van der Waals surface area contributed by atoms with Crippen LogP contribution >= 0.6 is 0 Å². The van der Waals surface area contributed by atoms with E-state index in [-0.39, 0.29) is 0 Å². The maximum Gasteiger partial charge on any atom is 0.0123 e. The van der Waals surface area contributed by atoms with Gasteiger partial charge in [-0.25, -0.2) is 0 Å². The van der Waals surface area contributed by atoms with E-state index in [1.54, 1.807) is 0 Å². The van der Waals surface area contributed by atoms with Crippen molar-refractivity contribution in [1.29, 1.82) is 0 Å². The van der Waals surface area contributed by atoms with Crippen LogP contribution in [0.25, 0.3) is 0 Å². The van der Waals surface area contributed by atoms with Gasteiger partial charge in [0.1, 0.15) is 0 Å². The lowest BCUT2D eigenvalue weighted by atomic mass is 9.69. The smallest absolute Gasteiger partial charge is 0.0123 e. The first-order valence-corrected chi connectivity index (χ1v) is 8.20. The molecule has 0 aromatic rings. The van der Waals surface area contributed by atoms with Gasteiger partial charge in [0.05, 0.1) is 0 Å². The summed E-state index contributed by atoms with van der Waals surface area (Å²) in [5.74, 6) is 4.33. The van der Waals surface area contributed by atoms with Gasteiger partial charge in [-0.05, 0) is 55.4 Å². The summed E-state index contributed by atoms with van der Waals surface area (Å²) >= 11 is 0. The van der Waals surface area contributed by atoms with Gasteiger partial charge in [-0.15, -0.1) is 0 Å². The fourth-order valence-electron chi connectivity index (χ4n) is 3.42. The van der Waals surface area contributed by atoms with Crippen LogP contribution in [0.2, 0.25) is 0 Å². The lowest BCUT2D eigenvalue weighted by molar-refractivity contribution is 0.130. The lowest BCUT2D eigenvalue weighted by Crippen LogP contribution is -2.45. The summed E-state index contributed by atoms with van der Waals surface area (Å²) in [5.41, 5.74) is 0. The van der Waals surface area contributed by atoms with E-state index in [1.807, 2.05) is 0 Å². The fourth-order valence-corrected chi connectivity index (χ4v) is 3.42. The van der Waals surface area contributed by atoms with Crippen LogP contribution in [0.5, 0.6) is 0 Å². The van der Waals surface area contributed by atoms with E-state index in [4.69, 9.17) is 0 Å². The van der Waals surface area contributed by atoms with Gasteiger partial charge in [0, 0.05) is 6.04 Å². The zero-order chi connectivity index (χ0) is 13.7. The first kappa shape index (κ1) is 16.0. The SMILES string of the molecule is CCCNC(C1CCC(C)C(C)C1)C(C)C(C)C. The number of nitrogens with one attached hydrogen (secondary N) is 1. The molecule has 1 heteroatoms. The van der Waals surface area contributed by atoms with Crippen LogP contribution in [-0.4, -0.2) is 12.6 Å². The van der Waals surface area contributed by atoms with Crippen LogP contribution in [-0.2, 0) is 0 Å². The standard InChI is InChI=1S/C17H35N/c1-7-10-18-17(15(6)12(2)3)16-9-8-13(4)14(5)11-16/h12-18H,7-11H2,1-6H3. The quantitative estimate of drug-likeness (QED) is 0.722. The van der Waals surface area contributed by atoms with Crippen molar-refractivity contribution in [2.24, 2.45) is 29.6 Å².